The lowest BCUT2D eigenvalue weighted by atomic mass is 10.1. The quantitative estimate of drug-likeness (QED) is 0.451. The number of aryl methyl sites for hydroxylation is 1. The number of benzene rings is 3. The summed E-state index contributed by atoms with van der Waals surface area (Å²) in [7, 11) is 1.85. The molecule has 0 aliphatic rings. The first kappa shape index (κ1) is 19.6. The lowest BCUT2D eigenvalue weighted by molar-refractivity contribution is 0.0785. The predicted octanol–water partition coefficient (Wildman–Crippen LogP) is 5.18. The standard InChI is InChI=1S/C26H25N3O/c1-20-11-9-10-16-23(20)18-28(2)26(30)24-19-29(17-21-12-5-3-6-13-21)27-25(24)22-14-7-4-8-15-22/h3-16,19H,17-18H2,1-2H3. The molecule has 0 radical (unpaired) electrons. The van der Waals surface area contributed by atoms with Gasteiger partial charge in [-0.2, -0.15) is 5.10 Å². The van der Waals surface area contributed by atoms with Gasteiger partial charge in [-0.15, -0.1) is 0 Å². The summed E-state index contributed by atoms with van der Waals surface area (Å²) in [4.78, 5) is 15.2. The third-order valence-electron chi connectivity index (χ3n) is 5.24. The monoisotopic (exact) mass is 395 g/mol. The zero-order valence-electron chi connectivity index (χ0n) is 17.3. The van der Waals surface area contributed by atoms with Crippen LogP contribution in [0.5, 0.6) is 0 Å². The number of hydrogen-bond acceptors (Lipinski definition) is 2. The Morgan fingerprint density at radius 2 is 1.53 bits per heavy atom. The number of carbonyl (C=O) groups excluding carboxylic acids is 1. The van der Waals surface area contributed by atoms with Gasteiger partial charge in [0.2, 0.25) is 0 Å². The molecule has 4 nitrogen and oxygen atoms in total. The molecule has 0 fully saturated rings. The predicted molar refractivity (Wildman–Crippen MR) is 120 cm³/mol. The lowest BCUT2D eigenvalue weighted by Crippen LogP contribution is -2.26. The van der Waals surface area contributed by atoms with Crippen LogP contribution in [0.25, 0.3) is 11.3 Å². The van der Waals surface area contributed by atoms with E-state index in [-0.39, 0.29) is 5.91 Å². The molecule has 0 aliphatic carbocycles. The molecule has 4 aromatic rings. The van der Waals surface area contributed by atoms with Crippen LogP contribution < -0.4 is 0 Å². The zero-order chi connectivity index (χ0) is 20.9. The highest BCUT2D eigenvalue weighted by Gasteiger charge is 2.21. The van der Waals surface area contributed by atoms with Crippen LogP contribution in [-0.2, 0) is 13.1 Å². The molecule has 1 amide bonds. The third kappa shape index (κ3) is 4.33. The van der Waals surface area contributed by atoms with Gasteiger partial charge in [0.05, 0.1) is 12.1 Å². The summed E-state index contributed by atoms with van der Waals surface area (Å²) in [5.41, 5.74) is 5.75. The minimum atomic E-state index is -0.0311. The van der Waals surface area contributed by atoms with E-state index in [1.54, 1.807) is 4.90 Å². The van der Waals surface area contributed by atoms with Gasteiger partial charge in [0.25, 0.3) is 5.91 Å². The molecule has 0 aliphatic heterocycles. The first-order valence-corrected chi connectivity index (χ1v) is 10.1. The van der Waals surface area contributed by atoms with Crippen molar-refractivity contribution in [2.45, 2.75) is 20.0 Å². The molecule has 0 unspecified atom stereocenters. The van der Waals surface area contributed by atoms with Gasteiger partial charge >= 0.3 is 0 Å². The average molecular weight is 396 g/mol. The van der Waals surface area contributed by atoms with Crippen molar-refractivity contribution in [3.63, 3.8) is 0 Å². The second-order valence-corrected chi connectivity index (χ2v) is 7.53. The van der Waals surface area contributed by atoms with E-state index in [4.69, 9.17) is 5.10 Å². The van der Waals surface area contributed by atoms with E-state index in [1.807, 2.05) is 78.6 Å². The van der Waals surface area contributed by atoms with Crippen molar-refractivity contribution >= 4 is 5.91 Å². The third-order valence-corrected chi connectivity index (χ3v) is 5.24. The Bertz CT molecular complexity index is 1130. The largest absolute Gasteiger partial charge is 0.337 e. The Kier molecular flexibility index (Phi) is 5.75. The molecule has 0 saturated heterocycles. The van der Waals surface area contributed by atoms with Crippen LogP contribution in [0.4, 0.5) is 0 Å². The average Bonchev–Trinajstić information content (AvgIpc) is 3.20. The fourth-order valence-electron chi connectivity index (χ4n) is 3.56. The van der Waals surface area contributed by atoms with E-state index in [9.17, 15) is 4.79 Å². The maximum atomic E-state index is 13.4. The summed E-state index contributed by atoms with van der Waals surface area (Å²) in [6.07, 6.45) is 1.87. The van der Waals surface area contributed by atoms with E-state index in [2.05, 4.69) is 31.2 Å². The molecule has 4 rings (SSSR count). The Hall–Kier alpha value is -3.66. The van der Waals surface area contributed by atoms with E-state index in [1.165, 1.54) is 5.56 Å². The lowest BCUT2D eigenvalue weighted by Gasteiger charge is -2.18. The van der Waals surface area contributed by atoms with Crippen molar-refractivity contribution in [2.75, 3.05) is 7.05 Å². The number of aromatic nitrogens is 2. The van der Waals surface area contributed by atoms with Crippen molar-refractivity contribution in [2.24, 2.45) is 0 Å². The molecular weight excluding hydrogens is 370 g/mol. The molecule has 0 N–H and O–H groups in total. The minimum Gasteiger partial charge on any atom is -0.337 e. The topological polar surface area (TPSA) is 38.1 Å². The first-order chi connectivity index (χ1) is 14.6. The molecule has 0 saturated carbocycles. The SMILES string of the molecule is Cc1ccccc1CN(C)C(=O)c1cn(Cc2ccccc2)nc1-c1ccccc1. The highest BCUT2D eigenvalue weighted by atomic mass is 16.2. The smallest absolute Gasteiger partial charge is 0.257 e. The molecule has 0 spiro atoms. The van der Waals surface area contributed by atoms with Crippen LogP contribution in [-0.4, -0.2) is 27.6 Å². The summed E-state index contributed by atoms with van der Waals surface area (Å²) in [6, 6.07) is 28.2. The molecule has 0 bridgehead atoms. The van der Waals surface area contributed by atoms with Crippen molar-refractivity contribution in [1.82, 2.24) is 14.7 Å². The van der Waals surface area contributed by atoms with Crippen molar-refractivity contribution in [1.29, 1.82) is 0 Å². The van der Waals surface area contributed by atoms with E-state index >= 15 is 0 Å². The molecular formula is C26H25N3O. The summed E-state index contributed by atoms with van der Waals surface area (Å²) in [5, 5.41) is 4.77. The zero-order valence-corrected chi connectivity index (χ0v) is 17.3. The maximum Gasteiger partial charge on any atom is 0.257 e. The molecule has 4 heteroatoms. The van der Waals surface area contributed by atoms with Crippen LogP contribution >= 0.6 is 0 Å². The summed E-state index contributed by atoms with van der Waals surface area (Å²) >= 11 is 0. The highest BCUT2D eigenvalue weighted by Crippen LogP contribution is 2.24. The van der Waals surface area contributed by atoms with Gasteiger partial charge in [0.1, 0.15) is 5.69 Å². The van der Waals surface area contributed by atoms with E-state index < -0.39 is 0 Å². The summed E-state index contributed by atoms with van der Waals surface area (Å²) in [6.45, 7) is 3.25. The molecule has 0 atom stereocenters. The second kappa shape index (κ2) is 8.78. The Morgan fingerprint density at radius 3 is 2.23 bits per heavy atom. The molecule has 1 aromatic heterocycles. The normalized spacial score (nSPS) is 10.7. The maximum absolute atomic E-state index is 13.4. The number of rotatable bonds is 6. The number of hydrogen-bond donors (Lipinski definition) is 0. The number of carbonyl (C=O) groups is 1. The van der Waals surface area contributed by atoms with Crippen molar-refractivity contribution < 1.29 is 4.79 Å². The fraction of sp³-hybridized carbons (Fsp3) is 0.154. The fourth-order valence-corrected chi connectivity index (χ4v) is 3.56. The second-order valence-electron chi connectivity index (χ2n) is 7.53. The van der Waals surface area contributed by atoms with Gasteiger partial charge in [-0.3, -0.25) is 9.48 Å². The van der Waals surface area contributed by atoms with Gasteiger partial charge in [0, 0.05) is 25.4 Å². The van der Waals surface area contributed by atoms with Gasteiger partial charge in [0.15, 0.2) is 0 Å². The van der Waals surface area contributed by atoms with E-state index in [0.717, 1.165) is 16.7 Å². The number of nitrogens with zero attached hydrogens (tertiary/aromatic N) is 3. The van der Waals surface area contributed by atoms with Gasteiger partial charge in [-0.1, -0.05) is 84.9 Å². The van der Waals surface area contributed by atoms with Crippen molar-refractivity contribution in [3.8, 4) is 11.3 Å². The molecule has 150 valence electrons. The van der Waals surface area contributed by atoms with Crippen LogP contribution in [0.1, 0.15) is 27.0 Å². The molecule has 3 aromatic carbocycles. The summed E-state index contributed by atoms with van der Waals surface area (Å²) < 4.78 is 1.85. The highest BCUT2D eigenvalue weighted by molar-refractivity contribution is 5.99. The van der Waals surface area contributed by atoms with Gasteiger partial charge in [-0.25, -0.2) is 0 Å². The Morgan fingerprint density at radius 1 is 0.900 bits per heavy atom. The van der Waals surface area contributed by atoms with Crippen LogP contribution in [0.3, 0.4) is 0 Å². The first-order valence-electron chi connectivity index (χ1n) is 10.1. The van der Waals surface area contributed by atoms with Gasteiger partial charge < -0.3 is 4.90 Å². The Labute approximate surface area is 177 Å². The van der Waals surface area contributed by atoms with Gasteiger partial charge in [-0.05, 0) is 23.6 Å². The number of amides is 1. The summed E-state index contributed by atoms with van der Waals surface area (Å²) in [5.74, 6) is -0.0311. The minimum absolute atomic E-state index is 0.0311. The Balaban J connectivity index is 1.66. The van der Waals surface area contributed by atoms with Crippen LogP contribution in [0.15, 0.2) is 91.1 Å². The van der Waals surface area contributed by atoms with Crippen LogP contribution in [0.2, 0.25) is 0 Å². The van der Waals surface area contributed by atoms with E-state index in [0.29, 0.717) is 24.3 Å². The molecule has 1 heterocycles. The molecule has 30 heavy (non-hydrogen) atoms. The van der Waals surface area contributed by atoms with Crippen molar-refractivity contribution in [3.05, 3.63) is 113 Å². The van der Waals surface area contributed by atoms with Crippen LogP contribution in [0, 0.1) is 6.92 Å².